The van der Waals surface area contributed by atoms with Crippen LogP contribution in [0.25, 0.3) is 0 Å². The van der Waals surface area contributed by atoms with Crippen LogP contribution in [0, 0.1) is 0 Å². The van der Waals surface area contributed by atoms with Crippen LogP contribution < -0.4 is 5.32 Å². The molecule has 0 radical (unpaired) electrons. The molecule has 0 rings (SSSR count). The number of alkyl halides is 3. The summed E-state index contributed by atoms with van der Waals surface area (Å²) < 4.78 is 35.0. The lowest BCUT2D eigenvalue weighted by molar-refractivity contribution is -0.174. The highest BCUT2D eigenvalue weighted by atomic mass is 19.4. The summed E-state index contributed by atoms with van der Waals surface area (Å²) in [7, 11) is 0. The molecule has 0 bridgehead atoms. The van der Waals surface area contributed by atoms with Crippen molar-refractivity contribution in [3.8, 4) is 0 Å². The van der Waals surface area contributed by atoms with Crippen molar-refractivity contribution in [1.82, 2.24) is 5.32 Å². The molecule has 0 saturated carbocycles. The van der Waals surface area contributed by atoms with Gasteiger partial charge in [-0.15, -0.1) is 0 Å². The molecular formula is C7H10F3NO4. The molecule has 1 atom stereocenters. The summed E-state index contributed by atoms with van der Waals surface area (Å²) in [4.78, 5) is 20.5. The Labute approximate surface area is 82.9 Å². The summed E-state index contributed by atoms with van der Waals surface area (Å²) >= 11 is 0. The lowest BCUT2D eigenvalue weighted by Gasteiger charge is -2.21. The van der Waals surface area contributed by atoms with E-state index in [9.17, 15) is 27.9 Å². The number of carbonyl (C=O) groups is 2. The van der Waals surface area contributed by atoms with E-state index < -0.39 is 36.6 Å². The zero-order chi connectivity index (χ0) is 12.3. The normalized spacial score (nSPS) is 15.5. The minimum atomic E-state index is -5.04. The third-order valence-corrected chi connectivity index (χ3v) is 1.42. The van der Waals surface area contributed by atoms with E-state index in [2.05, 4.69) is 0 Å². The van der Waals surface area contributed by atoms with E-state index in [1.807, 2.05) is 0 Å². The number of aliphatic carboxylic acids is 1. The van der Waals surface area contributed by atoms with Gasteiger partial charge in [-0.3, -0.25) is 9.59 Å². The minimum absolute atomic E-state index is 0.759. The first-order valence-electron chi connectivity index (χ1n) is 3.84. The lowest BCUT2D eigenvalue weighted by Crippen LogP contribution is -2.46. The molecule has 0 spiro atoms. The monoisotopic (exact) mass is 229 g/mol. The van der Waals surface area contributed by atoms with E-state index >= 15 is 0 Å². The second kappa shape index (κ2) is 4.47. The van der Waals surface area contributed by atoms with Crippen LogP contribution in [0.2, 0.25) is 0 Å². The van der Waals surface area contributed by atoms with Crippen molar-refractivity contribution in [3.05, 3.63) is 0 Å². The second-order valence-electron chi connectivity index (χ2n) is 3.25. The molecule has 0 heterocycles. The Hall–Kier alpha value is -1.31. The van der Waals surface area contributed by atoms with Crippen LogP contribution in [0.1, 0.15) is 13.3 Å². The number of carboxylic acid groups (broad SMARTS) is 1. The van der Waals surface area contributed by atoms with Crippen molar-refractivity contribution in [2.45, 2.75) is 25.1 Å². The average molecular weight is 229 g/mol. The Balaban J connectivity index is 4.15. The summed E-state index contributed by atoms with van der Waals surface area (Å²) in [6.07, 6.45) is -5.80. The van der Waals surface area contributed by atoms with Gasteiger partial charge in [0.25, 0.3) is 0 Å². The number of halogens is 3. The average Bonchev–Trinajstić information content (AvgIpc) is 1.95. The second-order valence-corrected chi connectivity index (χ2v) is 3.25. The molecule has 1 unspecified atom stereocenters. The van der Waals surface area contributed by atoms with Gasteiger partial charge in [-0.2, -0.15) is 13.2 Å². The van der Waals surface area contributed by atoms with Crippen LogP contribution in [0.15, 0.2) is 0 Å². The maximum atomic E-state index is 11.7. The van der Waals surface area contributed by atoms with E-state index in [-0.39, 0.29) is 0 Å². The maximum Gasteiger partial charge on any atom is 0.471 e. The van der Waals surface area contributed by atoms with Gasteiger partial charge in [0.1, 0.15) is 0 Å². The van der Waals surface area contributed by atoms with Crippen molar-refractivity contribution in [1.29, 1.82) is 0 Å². The highest BCUT2D eigenvalue weighted by Crippen LogP contribution is 2.15. The zero-order valence-electron chi connectivity index (χ0n) is 7.76. The molecule has 0 aromatic heterocycles. The molecule has 88 valence electrons. The summed E-state index contributed by atoms with van der Waals surface area (Å²) in [5.74, 6) is -3.59. The van der Waals surface area contributed by atoms with Crippen molar-refractivity contribution >= 4 is 11.9 Å². The Morgan fingerprint density at radius 1 is 1.33 bits per heavy atom. The van der Waals surface area contributed by atoms with Gasteiger partial charge in [0.05, 0.1) is 12.0 Å². The Morgan fingerprint density at radius 3 is 2.13 bits per heavy atom. The number of amides is 1. The molecule has 5 nitrogen and oxygen atoms in total. The molecule has 0 saturated heterocycles. The fourth-order valence-electron chi connectivity index (χ4n) is 0.759. The SMILES string of the molecule is CC(O)(CNC(=O)C(F)(F)F)CC(=O)O. The first kappa shape index (κ1) is 13.7. The highest BCUT2D eigenvalue weighted by Gasteiger charge is 2.39. The third-order valence-electron chi connectivity index (χ3n) is 1.42. The Morgan fingerprint density at radius 2 is 1.80 bits per heavy atom. The quantitative estimate of drug-likeness (QED) is 0.627. The minimum Gasteiger partial charge on any atom is -0.481 e. The summed E-state index contributed by atoms with van der Waals surface area (Å²) in [5.41, 5.74) is -1.91. The van der Waals surface area contributed by atoms with Gasteiger partial charge >= 0.3 is 18.1 Å². The first-order valence-corrected chi connectivity index (χ1v) is 3.84. The van der Waals surface area contributed by atoms with E-state index in [1.54, 1.807) is 0 Å². The Bertz CT molecular complexity index is 261. The predicted octanol–water partition coefficient (Wildman–Crippen LogP) is -0.109. The highest BCUT2D eigenvalue weighted by molar-refractivity contribution is 5.81. The van der Waals surface area contributed by atoms with E-state index in [0.717, 1.165) is 6.92 Å². The number of carboxylic acids is 1. The van der Waals surface area contributed by atoms with Gasteiger partial charge in [-0.1, -0.05) is 0 Å². The molecule has 0 aliphatic rings. The largest absolute Gasteiger partial charge is 0.481 e. The number of rotatable bonds is 4. The van der Waals surface area contributed by atoms with Gasteiger partial charge in [-0.25, -0.2) is 0 Å². The van der Waals surface area contributed by atoms with E-state index in [1.165, 1.54) is 5.32 Å². The smallest absolute Gasteiger partial charge is 0.471 e. The summed E-state index contributed by atoms with van der Waals surface area (Å²) in [6, 6.07) is 0. The molecule has 0 aliphatic heterocycles. The Kier molecular flexibility index (Phi) is 4.08. The van der Waals surface area contributed by atoms with Gasteiger partial charge < -0.3 is 15.5 Å². The van der Waals surface area contributed by atoms with Gasteiger partial charge in [0, 0.05) is 6.54 Å². The topological polar surface area (TPSA) is 86.6 Å². The molecule has 0 aromatic rings. The standard InChI is InChI=1S/C7H10F3NO4/c1-6(15,2-4(12)13)3-11-5(14)7(8,9)10/h15H,2-3H2,1H3,(H,11,14)(H,12,13). The molecule has 15 heavy (non-hydrogen) atoms. The molecule has 0 aromatic carbocycles. The number of hydrogen-bond acceptors (Lipinski definition) is 3. The predicted molar refractivity (Wildman–Crippen MR) is 41.9 cm³/mol. The maximum absolute atomic E-state index is 11.7. The van der Waals surface area contributed by atoms with Crippen LogP contribution in [0.4, 0.5) is 13.2 Å². The van der Waals surface area contributed by atoms with Crippen molar-refractivity contribution in [3.63, 3.8) is 0 Å². The lowest BCUT2D eigenvalue weighted by atomic mass is 10.0. The van der Waals surface area contributed by atoms with E-state index in [0.29, 0.717) is 0 Å². The van der Waals surface area contributed by atoms with Gasteiger partial charge in [-0.05, 0) is 6.92 Å². The van der Waals surface area contributed by atoms with Crippen LogP contribution >= 0.6 is 0 Å². The van der Waals surface area contributed by atoms with Crippen LogP contribution in [-0.4, -0.2) is 40.4 Å². The fourth-order valence-corrected chi connectivity index (χ4v) is 0.759. The number of nitrogens with one attached hydrogen (secondary N) is 1. The summed E-state index contributed by atoms with van der Waals surface area (Å²) in [5, 5.41) is 18.9. The van der Waals surface area contributed by atoms with Gasteiger partial charge in [0.15, 0.2) is 0 Å². The van der Waals surface area contributed by atoms with Crippen LogP contribution in [0.5, 0.6) is 0 Å². The van der Waals surface area contributed by atoms with Crippen LogP contribution in [-0.2, 0) is 9.59 Å². The van der Waals surface area contributed by atoms with Crippen LogP contribution in [0.3, 0.4) is 0 Å². The molecular weight excluding hydrogens is 219 g/mol. The molecule has 3 N–H and O–H groups in total. The molecule has 0 aliphatic carbocycles. The molecule has 1 amide bonds. The number of carbonyl (C=O) groups excluding carboxylic acids is 1. The number of hydrogen-bond donors (Lipinski definition) is 3. The van der Waals surface area contributed by atoms with Gasteiger partial charge in [0.2, 0.25) is 0 Å². The number of aliphatic hydroxyl groups is 1. The molecule has 8 heteroatoms. The van der Waals surface area contributed by atoms with Crippen molar-refractivity contribution < 1.29 is 33.0 Å². The molecule has 0 fully saturated rings. The zero-order valence-corrected chi connectivity index (χ0v) is 7.76. The summed E-state index contributed by atoms with van der Waals surface area (Å²) in [6.45, 7) is 0.232. The first-order chi connectivity index (χ1) is 6.54. The van der Waals surface area contributed by atoms with Crippen molar-refractivity contribution in [2.75, 3.05) is 6.54 Å². The fraction of sp³-hybridized carbons (Fsp3) is 0.714. The van der Waals surface area contributed by atoms with E-state index in [4.69, 9.17) is 5.11 Å². The third kappa shape index (κ3) is 5.89. The van der Waals surface area contributed by atoms with Crippen molar-refractivity contribution in [2.24, 2.45) is 0 Å².